The smallest absolute Gasteiger partial charge is 0.361 e. The normalized spacial score (nSPS) is 12.3. The Balaban J connectivity index is 2.07. The van der Waals surface area contributed by atoms with Gasteiger partial charge in [0.05, 0.1) is 18.8 Å². The molecule has 0 aliphatic rings. The maximum absolute atomic E-state index is 12.0. The van der Waals surface area contributed by atoms with Crippen molar-refractivity contribution in [2.45, 2.75) is 47.2 Å². The Labute approximate surface area is 157 Å². The van der Waals surface area contributed by atoms with Gasteiger partial charge in [0.1, 0.15) is 6.54 Å². The van der Waals surface area contributed by atoms with Crippen molar-refractivity contribution in [3.8, 4) is 0 Å². The fourth-order valence-electron chi connectivity index (χ4n) is 3.18. The average Bonchev–Trinajstić information content (AvgIpc) is 2.99. The summed E-state index contributed by atoms with van der Waals surface area (Å²) in [6, 6.07) is 12.9. The number of carbonyl (C=O) groups excluding carboxylic acids is 1. The van der Waals surface area contributed by atoms with Crippen LogP contribution in [0.15, 0.2) is 42.6 Å². The molecule has 0 saturated carbocycles. The molecule has 0 saturated heterocycles. The van der Waals surface area contributed by atoms with Crippen LogP contribution in [-0.4, -0.2) is 30.2 Å². The van der Waals surface area contributed by atoms with Crippen LogP contribution >= 0.6 is 0 Å². The highest BCUT2D eigenvalue weighted by Crippen LogP contribution is 2.09. The maximum Gasteiger partial charge on any atom is 0.361 e. The van der Waals surface area contributed by atoms with E-state index in [0.717, 1.165) is 26.1 Å². The lowest BCUT2D eigenvalue weighted by atomic mass is 10.1. The third-order valence-corrected chi connectivity index (χ3v) is 4.56. The number of esters is 1. The summed E-state index contributed by atoms with van der Waals surface area (Å²) in [4.78, 5) is 13.3. The van der Waals surface area contributed by atoms with Gasteiger partial charge in [-0.1, -0.05) is 43.7 Å². The fourth-order valence-corrected chi connectivity index (χ4v) is 3.18. The summed E-state index contributed by atoms with van der Waals surface area (Å²) in [6.45, 7) is 12.0. The number of nitrogens with one attached hydrogen (secondary N) is 1. The highest BCUT2D eigenvalue weighted by Gasteiger charge is 2.18. The van der Waals surface area contributed by atoms with Crippen molar-refractivity contribution in [3.05, 3.63) is 59.4 Å². The molecule has 26 heavy (non-hydrogen) atoms. The van der Waals surface area contributed by atoms with Crippen LogP contribution in [0.2, 0.25) is 0 Å². The van der Waals surface area contributed by atoms with Crippen molar-refractivity contribution in [3.63, 3.8) is 0 Å². The topological polar surface area (TPSA) is 35.7 Å². The van der Waals surface area contributed by atoms with Gasteiger partial charge in [-0.05, 0) is 43.9 Å². The number of carbonyl (C=O) groups is 1. The predicted octanol–water partition coefficient (Wildman–Crippen LogP) is 2.84. The highest BCUT2D eigenvalue weighted by atomic mass is 16.5. The average molecular weight is 358 g/mol. The molecule has 0 fully saturated rings. The Morgan fingerprint density at radius 3 is 2.73 bits per heavy atom. The zero-order valence-electron chi connectivity index (χ0n) is 16.6. The second-order valence-electron chi connectivity index (χ2n) is 7.46. The lowest BCUT2D eigenvalue weighted by Crippen LogP contribution is -3.11. The molecule has 4 heteroatoms. The van der Waals surface area contributed by atoms with Crippen LogP contribution in [0.3, 0.4) is 0 Å². The maximum atomic E-state index is 12.0. The number of quaternary nitrogens is 1. The summed E-state index contributed by atoms with van der Waals surface area (Å²) < 4.78 is 7.46. The van der Waals surface area contributed by atoms with Gasteiger partial charge < -0.3 is 14.2 Å². The Bertz CT molecular complexity index is 691. The van der Waals surface area contributed by atoms with Crippen molar-refractivity contribution in [1.82, 2.24) is 4.57 Å². The molecule has 1 heterocycles. The van der Waals surface area contributed by atoms with Gasteiger partial charge in [0.2, 0.25) is 0 Å². The van der Waals surface area contributed by atoms with E-state index in [4.69, 9.17) is 4.74 Å². The summed E-state index contributed by atoms with van der Waals surface area (Å²) in [5.41, 5.74) is 3.84. The predicted molar refractivity (Wildman–Crippen MR) is 105 cm³/mol. The van der Waals surface area contributed by atoms with E-state index in [-0.39, 0.29) is 5.97 Å². The standard InChI is InChI=1S/C22H32N2O2/c1-5-26-22(25)17-23(13-11-18(2)3)16-21-10-7-12-24(21)15-20-9-6-8-19(4)14-20/h6-10,12,14,18H,5,11,13,15-17H2,1-4H3/p+1. The molecular formula is C22H33N2O2+. The van der Waals surface area contributed by atoms with Gasteiger partial charge in [0, 0.05) is 12.7 Å². The molecule has 4 nitrogen and oxygen atoms in total. The fraction of sp³-hybridized carbons (Fsp3) is 0.500. The highest BCUT2D eigenvalue weighted by molar-refractivity contribution is 5.70. The Kier molecular flexibility index (Phi) is 7.92. The van der Waals surface area contributed by atoms with E-state index in [9.17, 15) is 4.79 Å². The molecule has 142 valence electrons. The molecule has 2 aromatic rings. The van der Waals surface area contributed by atoms with Gasteiger partial charge in [-0.3, -0.25) is 0 Å². The third kappa shape index (κ3) is 6.68. The number of hydrogen-bond acceptors (Lipinski definition) is 2. The SMILES string of the molecule is CCOC(=O)C[NH+](CCC(C)C)Cc1cccn1Cc1cccc(C)c1. The zero-order chi connectivity index (χ0) is 18.9. The number of aromatic nitrogens is 1. The molecule has 0 bridgehead atoms. The monoisotopic (exact) mass is 357 g/mol. The van der Waals surface area contributed by atoms with Crippen LogP contribution in [0, 0.1) is 12.8 Å². The van der Waals surface area contributed by atoms with Gasteiger partial charge in [0.15, 0.2) is 6.54 Å². The minimum absolute atomic E-state index is 0.108. The Morgan fingerprint density at radius 1 is 1.23 bits per heavy atom. The first-order valence-corrected chi connectivity index (χ1v) is 9.66. The van der Waals surface area contributed by atoms with Crippen LogP contribution in [-0.2, 0) is 22.6 Å². The molecule has 1 atom stereocenters. The number of rotatable bonds is 10. The second kappa shape index (κ2) is 10.2. The van der Waals surface area contributed by atoms with E-state index in [2.05, 4.69) is 67.9 Å². The number of hydrogen-bond donors (Lipinski definition) is 1. The first-order valence-electron chi connectivity index (χ1n) is 9.66. The molecule has 1 unspecified atom stereocenters. The molecule has 2 rings (SSSR count). The second-order valence-corrected chi connectivity index (χ2v) is 7.46. The molecular weight excluding hydrogens is 324 g/mol. The van der Waals surface area contributed by atoms with Gasteiger partial charge in [0.25, 0.3) is 0 Å². The quantitative estimate of drug-likeness (QED) is 0.664. The molecule has 0 aliphatic heterocycles. The van der Waals surface area contributed by atoms with Crippen molar-refractivity contribution in [2.24, 2.45) is 5.92 Å². The van der Waals surface area contributed by atoms with Crippen molar-refractivity contribution < 1.29 is 14.4 Å². The zero-order valence-corrected chi connectivity index (χ0v) is 16.6. The molecule has 1 aromatic heterocycles. The van der Waals surface area contributed by atoms with Crippen molar-refractivity contribution in [1.29, 1.82) is 0 Å². The van der Waals surface area contributed by atoms with E-state index < -0.39 is 0 Å². The number of ether oxygens (including phenoxy) is 1. The molecule has 0 radical (unpaired) electrons. The number of aryl methyl sites for hydroxylation is 1. The molecule has 0 aliphatic carbocycles. The minimum atomic E-state index is -0.108. The van der Waals surface area contributed by atoms with Crippen LogP contribution < -0.4 is 4.90 Å². The molecule has 1 N–H and O–H groups in total. The summed E-state index contributed by atoms with van der Waals surface area (Å²) in [7, 11) is 0. The summed E-state index contributed by atoms with van der Waals surface area (Å²) in [5.74, 6) is 0.523. The first kappa shape index (κ1) is 20.2. The summed E-state index contributed by atoms with van der Waals surface area (Å²) >= 11 is 0. The van der Waals surface area contributed by atoms with Gasteiger partial charge in [-0.15, -0.1) is 0 Å². The minimum Gasteiger partial charge on any atom is -0.462 e. The van der Waals surface area contributed by atoms with E-state index >= 15 is 0 Å². The number of nitrogens with zero attached hydrogens (tertiary/aromatic N) is 1. The van der Waals surface area contributed by atoms with E-state index in [1.807, 2.05) is 6.92 Å². The van der Waals surface area contributed by atoms with Crippen LogP contribution in [0.25, 0.3) is 0 Å². The van der Waals surface area contributed by atoms with E-state index in [1.165, 1.54) is 21.7 Å². The molecule has 0 amide bonds. The lowest BCUT2D eigenvalue weighted by Gasteiger charge is -2.20. The largest absolute Gasteiger partial charge is 0.462 e. The van der Waals surface area contributed by atoms with Crippen LogP contribution in [0.1, 0.15) is 44.0 Å². The first-order chi connectivity index (χ1) is 12.5. The Hall–Kier alpha value is -2.07. The van der Waals surface area contributed by atoms with Gasteiger partial charge in [-0.25, -0.2) is 4.79 Å². The van der Waals surface area contributed by atoms with Crippen LogP contribution in [0.5, 0.6) is 0 Å². The van der Waals surface area contributed by atoms with Gasteiger partial charge >= 0.3 is 5.97 Å². The summed E-state index contributed by atoms with van der Waals surface area (Å²) in [6.07, 6.45) is 3.23. The van der Waals surface area contributed by atoms with Crippen molar-refractivity contribution >= 4 is 5.97 Å². The van der Waals surface area contributed by atoms with Gasteiger partial charge in [-0.2, -0.15) is 0 Å². The Morgan fingerprint density at radius 2 is 2.04 bits per heavy atom. The molecule has 1 aromatic carbocycles. The molecule has 0 spiro atoms. The number of benzene rings is 1. The van der Waals surface area contributed by atoms with E-state index in [1.54, 1.807) is 0 Å². The lowest BCUT2D eigenvalue weighted by molar-refractivity contribution is -0.907. The van der Waals surface area contributed by atoms with E-state index in [0.29, 0.717) is 19.1 Å². The summed E-state index contributed by atoms with van der Waals surface area (Å²) in [5, 5.41) is 0. The van der Waals surface area contributed by atoms with Crippen molar-refractivity contribution in [2.75, 3.05) is 19.7 Å². The van der Waals surface area contributed by atoms with Crippen LogP contribution in [0.4, 0.5) is 0 Å². The third-order valence-electron chi connectivity index (χ3n) is 4.56.